The molecule has 4 heteroatoms. The quantitative estimate of drug-likeness (QED) is 0.877. The van der Waals surface area contributed by atoms with Gasteiger partial charge in [0.2, 0.25) is 5.91 Å². The van der Waals surface area contributed by atoms with Crippen molar-refractivity contribution in [2.24, 2.45) is 5.92 Å². The molecular weight excluding hydrogens is 288 g/mol. The molecule has 2 aliphatic rings. The highest BCUT2D eigenvalue weighted by Crippen LogP contribution is 2.33. The lowest BCUT2D eigenvalue weighted by molar-refractivity contribution is -0.131. The number of ether oxygens (including phenoxy) is 1. The molecule has 0 radical (unpaired) electrons. The van der Waals surface area contributed by atoms with Crippen LogP contribution in [0.2, 0.25) is 0 Å². The van der Waals surface area contributed by atoms with Crippen LogP contribution in [0, 0.1) is 5.92 Å². The maximum absolute atomic E-state index is 12.5. The van der Waals surface area contributed by atoms with Gasteiger partial charge in [0.25, 0.3) is 0 Å². The van der Waals surface area contributed by atoms with E-state index in [-0.39, 0.29) is 5.91 Å². The van der Waals surface area contributed by atoms with Crippen molar-refractivity contribution in [3.8, 4) is 5.75 Å². The first-order chi connectivity index (χ1) is 11.1. The number of nitrogens with zero attached hydrogens (tertiary/aromatic N) is 1. The summed E-state index contributed by atoms with van der Waals surface area (Å²) >= 11 is 0. The number of fused-ring (bicyclic) bond motifs is 2. The van der Waals surface area contributed by atoms with Gasteiger partial charge in [-0.3, -0.25) is 4.79 Å². The molecule has 0 spiro atoms. The van der Waals surface area contributed by atoms with E-state index in [0.29, 0.717) is 37.6 Å². The van der Waals surface area contributed by atoms with Gasteiger partial charge in [-0.1, -0.05) is 12.1 Å². The molecule has 1 N–H and O–H groups in total. The van der Waals surface area contributed by atoms with Crippen LogP contribution in [0.25, 0.3) is 0 Å². The van der Waals surface area contributed by atoms with E-state index < -0.39 is 0 Å². The van der Waals surface area contributed by atoms with E-state index in [9.17, 15) is 4.79 Å². The zero-order chi connectivity index (χ0) is 16.2. The van der Waals surface area contributed by atoms with Crippen LogP contribution in [0.4, 0.5) is 0 Å². The topological polar surface area (TPSA) is 41.6 Å². The molecule has 2 aliphatic heterocycles. The SMILES string of the molecule is CCOc1ccc(CN(C)C(=O)CC2CC3CCC(C2)N3)cc1. The summed E-state index contributed by atoms with van der Waals surface area (Å²) < 4.78 is 5.45. The van der Waals surface area contributed by atoms with Gasteiger partial charge in [-0.25, -0.2) is 0 Å². The Morgan fingerprint density at radius 1 is 1.22 bits per heavy atom. The highest BCUT2D eigenvalue weighted by Gasteiger charge is 2.34. The molecule has 1 aromatic carbocycles. The van der Waals surface area contributed by atoms with Crippen LogP contribution in [0.1, 0.15) is 44.6 Å². The normalized spacial score (nSPS) is 26.1. The van der Waals surface area contributed by atoms with E-state index in [0.717, 1.165) is 11.3 Å². The first-order valence-electron chi connectivity index (χ1n) is 8.85. The van der Waals surface area contributed by atoms with Crippen LogP contribution in [-0.4, -0.2) is 36.5 Å². The average Bonchev–Trinajstić information content (AvgIpc) is 2.88. The van der Waals surface area contributed by atoms with Gasteiger partial charge in [0.05, 0.1) is 6.61 Å². The second kappa shape index (κ2) is 7.35. The minimum Gasteiger partial charge on any atom is -0.494 e. The third-order valence-corrected chi connectivity index (χ3v) is 5.11. The Morgan fingerprint density at radius 3 is 2.48 bits per heavy atom. The summed E-state index contributed by atoms with van der Waals surface area (Å²) in [6.07, 6.45) is 5.61. The van der Waals surface area contributed by atoms with Gasteiger partial charge in [0.15, 0.2) is 0 Å². The van der Waals surface area contributed by atoms with Crippen molar-refractivity contribution in [2.45, 2.75) is 57.7 Å². The smallest absolute Gasteiger partial charge is 0.222 e. The summed E-state index contributed by atoms with van der Waals surface area (Å²) in [6, 6.07) is 9.34. The van der Waals surface area contributed by atoms with Gasteiger partial charge < -0.3 is 15.0 Å². The number of hydrogen-bond donors (Lipinski definition) is 1. The van der Waals surface area contributed by atoms with E-state index in [1.54, 1.807) is 0 Å². The van der Waals surface area contributed by atoms with Crippen LogP contribution in [-0.2, 0) is 11.3 Å². The fourth-order valence-corrected chi connectivity index (χ4v) is 3.96. The average molecular weight is 316 g/mol. The van der Waals surface area contributed by atoms with Crippen molar-refractivity contribution in [3.63, 3.8) is 0 Å². The van der Waals surface area contributed by atoms with Crippen molar-refractivity contribution in [1.82, 2.24) is 10.2 Å². The van der Waals surface area contributed by atoms with E-state index in [2.05, 4.69) is 5.32 Å². The zero-order valence-corrected chi connectivity index (χ0v) is 14.3. The predicted molar refractivity (Wildman–Crippen MR) is 91.4 cm³/mol. The Labute approximate surface area is 139 Å². The highest BCUT2D eigenvalue weighted by molar-refractivity contribution is 5.76. The zero-order valence-electron chi connectivity index (χ0n) is 14.3. The molecule has 0 aromatic heterocycles. The molecule has 0 aliphatic carbocycles. The molecule has 23 heavy (non-hydrogen) atoms. The molecule has 2 fully saturated rings. The fourth-order valence-electron chi connectivity index (χ4n) is 3.96. The molecule has 0 saturated carbocycles. The third-order valence-electron chi connectivity index (χ3n) is 5.11. The number of carbonyl (C=O) groups is 1. The summed E-state index contributed by atoms with van der Waals surface area (Å²) in [5, 5.41) is 3.64. The second-order valence-corrected chi connectivity index (χ2v) is 7.01. The maximum Gasteiger partial charge on any atom is 0.222 e. The minimum atomic E-state index is 0.269. The number of benzene rings is 1. The summed E-state index contributed by atoms with van der Waals surface area (Å²) in [5.74, 6) is 1.71. The summed E-state index contributed by atoms with van der Waals surface area (Å²) in [5.41, 5.74) is 1.15. The van der Waals surface area contributed by atoms with Gasteiger partial charge in [-0.05, 0) is 56.2 Å². The van der Waals surface area contributed by atoms with Crippen molar-refractivity contribution in [1.29, 1.82) is 0 Å². The molecule has 2 bridgehead atoms. The Hall–Kier alpha value is -1.55. The summed E-state index contributed by atoms with van der Waals surface area (Å²) in [7, 11) is 1.91. The largest absolute Gasteiger partial charge is 0.494 e. The predicted octanol–water partition coefficient (Wildman–Crippen LogP) is 2.96. The van der Waals surface area contributed by atoms with Crippen molar-refractivity contribution < 1.29 is 9.53 Å². The summed E-state index contributed by atoms with van der Waals surface area (Å²) in [4.78, 5) is 14.4. The molecule has 1 aromatic rings. The van der Waals surface area contributed by atoms with E-state index in [1.165, 1.54) is 25.7 Å². The molecule has 2 unspecified atom stereocenters. The highest BCUT2D eigenvalue weighted by atomic mass is 16.5. The minimum absolute atomic E-state index is 0.269. The molecule has 1 amide bonds. The Bertz CT molecular complexity index is 517. The number of amides is 1. The van der Waals surface area contributed by atoms with Gasteiger partial charge >= 0.3 is 0 Å². The molecule has 2 saturated heterocycles. The first kappa shape index (κ1) is 16.3. The number of nitrogens with one attached hydrogen (secondary N) is 1. The number of rotatable bonds is 6. The molecule has 3 rings (SSSR count). The third kappa shape index (κ3) is 4.25. The van der Waals surface area contributed by atoms with Crippen LogP contribution in [0.5, 0.6) is 5.75 Å². The van der Waals surface area contributed by atoms with Gasteiger partial charge in [-0.2, -0.15) is 0 Å². The Kier molecular flexibility index (Phi) is 5.21. The first-order valence-corrected chi connectivity index (χ1v) is 8.85. The molecular formula is C19H28N2O2. The maximum atomic E-state index is 12.5. The van der Waals surface area contributed by atoms with Crippen LogP contribution in [0.15, 0.2) is 24.3 Å². The fraction of sp³-hybridized carbons (Fsp3) is 0.632. The molecule has 2 atom stereocenters. The van der Waals surface area contributed by atoms with Crippen LogP contribution < -0.4 is 10.1 Å². The number of hydrogen-bond acceptors (Lipinski definition) is 3. The number of piperidine rings is 1. The Balaban J connectivity index is 1.49. The molecule has 4 nitrogen and oxygen atoms in total. The lowest BCUT2D eigenvalue weighted by atomic mass is 9.89. The lowest BCUT2D eigenvalue weighted by Crippen LogP contribution is -2.39. The van der Waals surface area contributed by atoms with E-state index in [4.69, 9.17) is 4.74 Å². The summed E-state index contributed by atoms with van der Waals surface area (Å²) in [6.45, 7) is 3.33. The van der Waals surface area contributed by atoms with E-state index >= 15 is 0 Å². The Morgan fingerprint density at radius 2 is 1.87 bits per heavy atom. The van der Waals surface area contributed by atoms with Crippen molar-refractivity contribution in [3.05, 3.63) is 29.8 Å². The molecule has 126 valence electrons. The number of carbonyl (C=O) groups excluding carboxylic acids is 1. The van der Waals surface area contributed by atoms with Gasteiger partial charge in [0.1, 0.15) is 5.75 Å². The lowest BCUT2D eigenvalue weighted by Gasteiger charge is -2.30. The standard InChI is InChI=1S/C19H28N2O2/c1-3-23-18-8-4-14(5-9-18)13-21(2)19(22)12-15-10-16-6-7-17(11-15)20-16/h4-5,8-9,15-17,20H,3,6-7,10-13H2,1-2H3. The van der Waals surface area contributed by atoms with Crippen molar-refractivity contribution in [2.75, 3.05) is 13.7 Å². The van der Waals surface area contributed by atoms with Crippen LogP contribution in [0.3, 0.4) is 0 Å². The monoisotopic (exact) mass is 316 g/mol. The van der Waals surface area contributed by atoms with Gasteiger partial charge in [-0.15, -0.1) is 0 Å². The van der Waals surface area contributed by atoms with E-state index in [1.807, 2.05) is 43.1 Å². The molecule has 2 heterocycles. The van der Waals surface area contributed by atoms with Gasteiger partial charge in [0, 0.05) is 32.1 Å². The van der Waals surface area contributed by atoms with Crippen LogP contribution >= 0.6 is 0 Å². The second-order valence-electron chi connectivity index (χ2n) is 7.01. The van der Waals surface area contributed by atoms with Crippen molar-refractivity contribution >= 4 is 5.91 Å².